The molecular formula is C19H21F3N4O3. The van der Waals surface area contributed by atoms with Crippen LogP contribution >= 0.6 is 0 Å². The molecule has 1 aliphatic heterocycles. The molecule has 3 heterocycles. The molecule has 0 aromatic carbocycles. The Balaban J connectivity index is 1.65. The third-order valence-electron chi connectivity index (χ3n) is 4.41. The number of anilines is 2. The van der Waals surface area contributed by atoms with Gasteiger partial charge in [0.1, 0.15) is 17.9 Å². The van der Waals surface area contributed by atoms with Crippen LogP contribution in [0.15, 0.2) is 41.5 Å². The van der Waals surface area contributed by atoms with Crippen molar-refractivity contribution in [3.05, 3.63) is 52.6 Å². The summed E-state index contributed by atoms with van der Waals surface area (Å²) in [7, 11) is 0. The van der Waals surface area contributed by atoms with E-state index in [1.54, 1.807) is 12.1 Å². The number of halogens is 3. The second-order valence-electron chi connectivity index (χ2n) is 6.97. The van der Waals surface area contributed by atoms with E-state index in [1.165, 1.54) is 6.20 Å². The van der Waals surface area contributed by atoms with Gasteiger partial charge in [0.05, 0.1) is 24.1 Å². The first-order valence-electron chi connectivity index (χ1n) is 9.06. The first-order valence-corrected chi connectivity index (χ1v) is 9.06. The molecule has 1 fully saturated rings. The van der Waals surface area contributed by atoms with Gasteiger partial charge in [-0.3, -0.25) is 9.59 Å². The summed E-state index contributed by atoms with van der Waals surface area (Å²) in [5.74, 6) is 0.105. The Morgan fingerprint density at radius 2 is 1.93 bits per heavy atom. The largest absolute Gasteiger partial charge is 0.421 e. The Hall–Kier alpha value is -2.88. The van der Waals surface area contributed by atoms with Crippen molar-refractivity contribution >= 4 is 17.4 Å². The smallest absolute Gasteiger partial charge is 0.372 e. The van der Waals surface area contributed by atoms with Crippen LogP contribution in [0.2, 0.25) is 0 Å². The number of nitrogens with zero attached hydrogens (tertiary/aromatic N) is 3. The van der Waals surface area contributed by atoms with Crippen LogP contribution in [0.1, 0.15) is 19.4 Å². The van der Waals surface area contributed by atoms with Crippen LogP contribution in [0.5, 0.6) is 0 Å². The summed E-state index contributed by atoms with van der Waals surface area (Å²) in [6.45, 7) is 4.81. The Kier molecular flexibility index (Phi) is 5.92. The van der Waals surface area contributed by atoms with Crippen molar-refractivity contribution in [2.75, 3.05) is 23.3 Å². The van der Waals surface area contributed by atoms with Crippen molar-refractivity contribution in [1.82, 2.24) is 9.55 Å². The van der Waals surface area contributed by atoms with Crippen LogP contribution in [-0.4, -0.2) is 40.8 Å². The highest BCUT2D eigenvalue weighted by molar-refractivity contribution is 5.90. The number of aromatic nitrogens is 2. The van der Waals surface area contributed by atoms with Crippen LogP contribution in [0, 0.1) is 0 Å². The van der Waals surface area contributed by atoms with Crippen LogP contribution < -0.4 is 15.8 Å². The standard InChI is InChI=1S/C19H21F3N4O3/c1-12-9-26(10-13(2)29-12)16-6-5-14(8-23-16)24-17(27)11-25-7-3-4-15(18(25)28)19(20,21)22/h3-8,12-13H,9-11H2,1-2H3,(H,24,27). The highest BCUT2D eigenvalue weighted by atomic mass is 19.4. The molecule has 156 valence electrons. The molecule has 2 unspecified atom stereocenters. The van der Waals surface area contributed by atoms with Crippen LogP contribution in [-0.2, 0) is 22.3 Å². The average Bonchev–Trinajstić information content (AvgIpc) is 2.62. The Morgan fingerprint density at radius 1 is 1.24 bits per heavy atom. The highest BCUT2D eigenvalue weighted by Gasteiger charge is 2.34. The zero-order chi connectivity index (χ0) is 21.2. The lowest BCUT2D eigenvalue weighted by atomic mass is 10.2. The van der Waals surface area contributed by atoms with Gasteiger partial charge in [-0.25, -0.2) is 4.98 Å². The zero-order valence-corrected chi connectivity index (χ0v) is 15.9. The maximum atomic E-state index is 12.8. The van der Waals surface area contributed by atoms with E-state index in [2.05, 4.69) is 15.2 Å². The van der Waals surface area contributed by atoms with E-state index in [4.69, 9.17) is 4.74 Å². The highest BCUT2D eigenvalue weighted by Crippen LogP contribution is 2.26. The second-order valence-corrected chi connectivity index (χ2v) is 6.97. The van der Waals surface area contributed by atoms with Crippen molar-refractivity contribution in [3.8, 4) is 0 Å². The normalized spacial score (nSPS) is 19.8. The number of carbonyl (C=O) groups is 1. The van der Waals surface area contributed by atoms with Crippen LogP contribution in [0.25, 0.3) is 0 Å². The zero-order valence-electron chi connectivity index (χ0n) is 15.9. The molecule has 0 aliphatic carbocycles. The number of alkyl halides is 3. The summed E-state index contributed by atoms with van der Waals surface area (Å²) >= 11 is 0. The minimum Gasteiger partial charge on any atom is -0.372 e. The summed E-state index contributed by atoms with van der Waals surface area (Å²) in [6, 6.07) is 5.17. The molecule has 0 radical (unpaired) electrons. The van der Waals surface area contributed by atoms with Gasteiger partial charge in [0, 0.05) is 19.3 Å². The van der Waals surface area contributed by atoms with E-state index in [9.17, 15) is 22.8 Å². The molecule has 0 bridgehead atoms. The van der Waals surface area contributed by atoms with E-state index in [1.807, 2.05) is 13.8 Å². The van der Waals surface area contributed by atoms with Gasteiger partial charge >= 0.3 is 6.18 Å². The van der Waals surface area contributed by atoms with E-state index >= 15 is 0 Å². The van der Waals surface area contributed by atoms with E-state index in [0.29, 0.717) is 24.8 Å². The molecule has 1 aliphatic rings. The first kappa shape index (κ1) is 20.8. The second kappa shape index (κ2) is 8.24. The summed E-state index contributed by atoms with van der Waals surface area (Å²) in [5, 5.41) is 2.54. The monoisotopic (exact) mass is 410 g/mol. The van der Waals surface area contributed by atoms with Gasteiger partial charge in [-0.15, -0.1) is 0 Å². The SMILES string of the molecule is CC1CN(c2ccc(NC(=O)Cn3cccc(C(F)(F)F)c3=O)cn2)CC(C)O1. The minimum atomic E-state index is -4.77. The molecule has 2 aromatic rings. The topological polar surface area (TPSA) is 76.5 Å². The Morgan fingerprint density at radius 3 is 2.52 bits per heavy atom. The number of ether oxygens (including phenoxy) is 1. The summed E-state index contributed by atoms with van der Waals surface area (Å²) < 4.78 is 44.9. The number of hydrogen-bond acceptors (Lipinski definition) is 5. The van der Waals surface area contributed by atoms with Gasteiger partial charge in [-0.05, 0) is 38.1 Å². The number of pyridine rings is 2. The Bertz CT molecular complexity index is 918. The Labute approximate surface area is 165 Å². The predicted molar refractivity (Wildman–Crippen MR) is 101 cm³/mol. The first-order chi connectivity index (χ1) is 13.6. The fraction of sp³-hybridized carbons (Fsp3) is 0.421. The van der Waals surface area contributed by atoms with Crippen molar-refractivity contribution < 1.29 is 22.7 Å². The third-order valence-corrected chi connectivity index (χ3v) is 4.41. The van der Waals surface area contributed by atoms with Crippen LogP contribution in [0.3, 0.4) is 0 Å². The predicted octanol–water partition coefficient (Wildman–Crippen LogP) is 2.51. The molecule has 1 amide bonds. The molecule has 1 N–H and O–H groups in total. The molecule has 3 rings (SSSR count). The lowest BCUT2D eigenvalue weighted by Crippen LogP contribution is -2.45. The number of rotatable bonds is 4. The molecule has 29 heavy (non-hydrogen) atoms. The molecule has 10 heteroatoms. The molecule has 0 spiro atoms. The van der Waals surface area contributed by atoms with Gasteiger partial charge < -0.3 is 19.5 Å². The fourth-order valence-electron chi connectivity index (χ4n) is 3.24. The molecule has 2 atom stereocenters. The quantitative estimate of drug-likeness (QED) is 0.838. The lowest BCUT2D eigenvalue weighted by molar-refractivity contribution is -0.139. The van der Waals surface area contributed by atoms with Crippen molar-refractivity contribution in [2.45, 2.75) is 38.8 Å². The van der Waals surface area contributed by atoms with Gasteiger partial charge in [-0.2, -0.15) is 13.2 Å². The van der Waals surface area contributed by atoms with Crippen molar-refractivity contribution in [2.24, 2.45) is 0 Å². The number of morpholine rings is 1. The van der Waals surface area contributed by atoms with Crippen molar-refractivity contribution in [1.29, 1.82) is 0 Å². The molecular weight excluding hydrogens is 389 g/mol. The number of hydrogen-bond donors (Lipinski definition) is 1. The fourth-order valence-corrected chi connectivity index (χ4v) is 3.24. The molecule has 1 saturated heterocycles. The lowest BCUT2D eigenvalue weighted by Gasteiger charge is -2.36. The van der Waals surface area contributed by atoms with Crippen LogP contribution in [0.4, 0.5) is 24.7 Å². The molecule has 0 saturated carbocycles. The molecule has 7 nitrogen and oxygen atoms in total. The summed E-state index contributed by atoms with van der Waals surface area (Å²) in [4.78, 5) is 30.5. The number of nitrogens with one attached hydrogen (secondary N) is 1. The van der Waals surface area contributed by atoms with Gasteiger partial charge in [0.25, 0.3) is 5.56 Å². The van der Waals surface area contributed by atoms with Gasteiger partial charge in [0.15, 0.2) is 0 Å². The summed E-state index contributed by atoms with van der Waals surface area (Å²) in [6.07, 6.45) is -2.02. The van der Waals surface area contributed by atoms with Gasteiger partial charge in [0.2, 0.25) is 5.91 Å². The molecule has 2 aromatic heterocycles. The van der Waals surface area contributed by atoms with E-state index in [-0.39, 0.29) is 12.2 Å². The van der Waals surface area contributed by atoms with E-state index < -0.39 is 29.8 Å². The van der Waals surface area contributed by atoms with Crippen molar-refractivity contribution in [3.63, 3.8) is 0 Å². The maximum Gasteiger partial charge on any atom is 0.421 e. The minimum absolute atomic E-state index is 0.0747. The number of amides is 1. The van der Waals surface area contributed by atoms with E-state index in [0.717, 1.165) is 22.6 Å². The van der Waals surface area contributed by atoms with Gasteiger partial charge in [-0.1, -0.05) is 0 Å². The summed E-state index contributed by atoms with van der Waals surface area (Å²) in [5.41, 5.74) is -2.19. The number of carbonyl (C=O) groups excluding carboxylic acids is 1. The maximum absolute atomic E-state index is 12.8. The third kappa shape index (κ3) is 5.14. The average molecular weight is 410 g/mol.